The number of piperidine rings is 1. The van der Waals surface area contributed by atoms with Crippen LogP contribution in [0.5, 0.6) is 0 Å². The molecule has 0 radical (unpaired) electrons. The van der Waals surface area contributed by atoms with Crippen molar-refractivity contribution >= 4 is 27.5 Å². The Morgan fingerprint density at radius 2 is 2.04 bits per heavy atom. The Kier molecular flexibility index (Phi) is 4.92. The highest BCUT2D eigenvalue weighted by molar-refractivity contribution is 7.92. The summed E-state index contributed by atoms with van der Waals surface area (Å²) in [5, 5.41) is 0. The molecule has 26 heavy (non-hydrogen) atoms. The fourth-order valence-electron chi connectivity index (χ4n) is 3.61. The summed E-state index contributed by atoms with van der Waals surface area (Å²) in [4.78, 5) is 28.3. The molecule has 3 saturated heterocycles. The second kappa shape index (κ2) is 6.86. The van der Waals surface area contributed by atoms with Gasteiger partial charge in [-0.2, -0.15) is 0 Å². The molecule has 2 amide bonds. The van der Waals surface area contributed by atoms with Gasteiger partial charge in [-0.1, -0.05) is 6.07 Å². The summed E-state index contributed by atoms with van der Waals surface area (Å²) in [6, 6.07) is 5.08. The molecule has 3 aliphatic rings. The first-order valence-corrected chi connectivity index (χ1v) is 10.3. The summed E-state index contributed by atoms with van der Waals surface area (Å²) < 4.78 is 38.7. The third-order valence-electron chi connectivity index (χ3n) is 5.09. The lowest BCUT2D eigenvalue weighted by molar-refractivity contribution is -0.138. The van der Waals surface area contributed by atoms with Gasteiger partial charge in [0, 0.05) is 26.2 Å². The summed E-state index contributed by atoms with van der Waals surface area (Å²) >= 11 is 0. The van der Waals surface area contributed by atoms with E-state index in [4.69, 9.17) is 0 Å². The molecular formula is C17H22FN3O4S. The molecule has 2 bridgehead atoms. The molecule has 1 aromatic rings. The lowest BCUT2D eigenvalue weighted by Crippen LogP contribution is -2.46. The highest BCUT2D eigenvalue weighted by Crippen LogP contribution is 2.28. The van der Waals surface area contributed by atoms with Crippen LogP contribution in [0.4, 0.5) is 10.1 Å². The molecule has 4 rings (SSSR count). The minimum Gasteiger partial charge on any atom is -0.341 e. The van der Waals surface area contributed by atoms with Crippen LogP contribution in [0.2, 0.25) is 0 Å². The van der Waals surface area contributed by atoms with E-state index in [1.807, 2.05) is 0 Å². The van der Waals surface area contributed by atoms with Crippen LogP contribution in [0, 0.1) is 11.7 Å². The van der Waals surface area contributed by atoms with Gasteiger partial charge in [-0.3, -0.25) is 13.9 Å². The van der Waals surface area contributed by atoms with Crippen LogP contribution >= 0.6 is 0 Å². The van der Waals surface area contributed by atoms with Crippen molar-refractivity contribution in [3.63, 3.8) is 0 Å². The summed E-state index contributed by atoms with van der Waals surface area (Å²) in [5.41, 5.74) is 0.104. The van der Waals surface area contributed by atoms with Gasteiger partial charge in [-0.05, 0) is 31.0 Å². The van der Waals surface area contributed by atoms with Gasteiger partial charge in [0.1, 0.15) is 12.4 Å². The number of rotatable bonds is 4. The molecular weight excluding hydrogens is 361 g/mol. The van der Waals surface area contributed by atoms with Gasteiger partial charge >= 0.3 is 0 Å². The number of carbonyl (C=O) groups is 2. The van der Waals surface area contributed by atoms with E-state index in [0.717, 1.165) is 29.5 Å². The van der Waals surface area contributed by atoms with Crippen LogP contribution in [0.3, 0.4) is 0 Å². The van der Waals surface area contributed by atoms with Gasteiger partial charge in [0.15, 0.2) is 0 Å². The second-order valence-electron chi connectivity index (χ2n) is 6.93. The van der Waals surface area contributed by atoms with Crippen LogP contribution in [-0.4, -0.2) is 69.0 Å². The molecule has 3 fully saturated rings. The fraction of sp³-hybridized carbons (Fsp3) is 0.529. The third kappa shape index (κ3) is 3.67. The molecule has 2 atom stereocenters. The van der Waals surface area contributed by atoms with E-state index in [1.54, 1.807) is 16.8 Å². The molecule has 0 saturated carbocycles. The SMILES string of the molecule is CN1C(=O)[C@@H]2CC[C@H]1CN(C(=O)CN(c1cccc(F)c1)S(C)(=O)=O)C2. The van der Waals surface area contributed by atoms with Crippen molar-refractivity contribution in [3.05, 3.63) is 30.1 Å². The molecule has 3 heterocycles. The third-order valence-corrected chi connectivity index (χ3v) is 6.23. The fourth-order valence-corrected chi connectivity index (χ4v) is 4.46. The molecule has 0 spiro atoms. The van der Waals surface area contributed by atoms with Crippen LogP contribution in [-0.2, 0) is 19.6 Å². The van der Waals surface area contributed by atoms with Crippen LogP contribution in [0.15, 0.2) is 24.3 Å². The average Bonchev–Trinajstić information content (AvgIpc) is 2.85. The second-order valence-corrected chi connectivity index (χ2v) is 8.83. The Labute approximate surface area is 152 Å². The normalized spacial score (nSPS) is 23.1. The number of sulfonamides is 1. The number of fused-ring (bicyclic) bond motifs is 4. The quantitative estimate of drug-likeness (QED) is 0.766. The predicted octanol–water partition coefficient (Wildman–Crippen LogP) is 0.671. The maximum atomic E-state index is 13.5. The number of anilines is 1. The van der Waals surface area contributed by atoms with Crippen molar-refractivity contribution in [2.24, 2.45) is 5.92 Å². The zero-order valence-electron chi connectivity index (χ0n) is 14.8. The summed E-state index contributed by atoms with van der Waals surface area (Å²) in [6.45, 7) is 0.261. The lowest BCUT2D eigenvalue weighted by atomic mass is 9.95. The molecule has 1 aromatic carbocycles. The zero-order valence-corrected chi connectivity index (χ0v) is 15.6. The van der Waals surface area contributed by atoms with Crippen molar-refractivity contribution in [1.29, 1.82) is 0 Å². The Morgan fingerprint density at radius 3 is 2.69 bits per heavy atom. The number of nitrogens with zero attached hydrogens (tertiary/aromatic N) is 3. The van der Waals surface area contributed by atoms with Crippen LogP contribution < -0.4 is 4.31 Å². The van der Waals surface area contributed by atoms with E-state index in [9.17, 15) is 22.4 Å². The molecule has 0 N–H and O–H groups in total. The van der Waals surface area contributed by atoms with Crippen molar-refractivity contribution in [1.82, 2.24) is 9.80 Å². The van der Waals surface area contributed by atoms with E-state index in [0.29, 0.717) is 13.1 Å². The molecule has 0 aromatic heterocycles. The predicted molar refractivity (Wildman–Crippen MR) is 94.5 cm³/mol. The lowest BCUT2D eigenvalue weighted by Gasteiger charge is -2.32. The number of hydrogen-bond donors (Lipinski definition) is 0. The zero-order chi connectivity index (χ0) is 19.1. The van der Waals surface area contributed by atoms with E-state index < -0.39 is 22.4 Å². The Bertz CT molecular complexity index is 829. The highest BCUT2D eigenvalue weighted by Gasteiger charge is 2.40. The first kappa shape index (κ1) is 18.6. The molecule has 142 valence electrons. The number of likely N-dealkylation sites (N-methyl/N-ethyl adjacent to an activating group) is 1. The van der Waals surface area contributed by atoms with Crippen molar-refractivity contribution in [2.45, 2.75) is 18.9 Å². The van der Waals surface area contributed by atoms with Gasteiger partial charge in [0.25, 0.3) is 0 Å². The van der Waals surface area contributed by atoms with Crippen molar-refractivity contribution < 1.29 is 22.4 Å². The van der Waals surface area contributed by atoms with Gasteiger partial charge in [0.2, 0.25) is 21.8 Å². The number of benzene rings is 1. The first-order valence-electron chi connectivity index (χ1n) is 8.44. The van der Waals surface area contributed by atoms with Crippen molar-refractivity contribution in [2.75, 3.05) is 37.2 Å². The Morgan fingerprint density at radius 1 is 1.31 bits per heavy atom. The molecule has 3 aliphatic heterocycles. The summed E-state index contributed by atoms with van der Waals surface area (Å²) in [7, 11) is -2.03. The Balaban J connectivity index is 1.82. The average molecular weight is 383 g/mol. The molecule has 0 unspecified atom stereocenters. The van der Waals surface area contributed by atoms with Gasteiger partial charge in [0.05, 0.1) is 17.9 Å². The minimum absolute atomic E-state index is 0.0293. The number of carbonyl (C=O) groups excluding carboxylic acids is 2. The molecule has 9 heteroatoms. The Hall–Kier alpha value is -2.16. The van der Waals surface area contributed by atoms with Crippen molar-refractivity contribution in [3.8, 4) is 0 Å². The maximum absolute atomic E-state index is 13.5. The monoisotopic (exact) mass is 383 g/mol. The molecule has 7 nitrogen and oxygen atoms in total. The smallest absolute Gasteiger partial charge is 0.243 e. The highest BCUT2D eigenvalue weighted by atomic mass is 32.2. The van der Waals surface area contributed by atoms with E-state index in [-0.39, 0.29) is 29.5 Å². The molecule has 0 aliphatic carbocycles. The standard InChI is InChI=1S/C17H22FN3O4S/c1-19-15-7-6-12(17(19)23)9-20(10-15)16(22)11-21(26(2,24)25)14-5-3-4-13(18)8-14/h3-5,8,12,15H,6-7,9-11H2,1-2H3/t12-,15+/m1/s1. The minimum atomic E-state index is -3.77. The number of amides is 2. The summed E-state index contributed by atoms with van der Waals surface area (Å²) in [6.07, 6.45) is 2.54. The van der Waals surface area contributed by atoms with Crippen LogP contribution in [0.25, 0.3) is 0 Å². The van der Waals surface area contributed by atoms with E-state index in [2.05, 4.69) is 0 Å². The van der Waals surface area contributed by atoms with Gasteiger partial charge in [-0.25, -0.2) is 12.8 Å². The topological polar surface area (TPSA) is 78.0 Å². The largest absolute Gasteiger partial charge is 0.341 e. The van der Waals surface area contributed by atoms with E-state index in [1.165, 1.54) is 18.2 Å². The van der Waals surface area contributed by atoms with E-state index >= 15 is 0 Å². The summed E-state index contributed by atoms with van der Waals surface area (Å²) in [5.74, 6) is -1.19. The van der Waals surface area contributed by atoms with Crippen LogP contribution in [0.1, 0.15) is 12.8 Å². The number of halogens is 1. The van der Waals surface area contributed by atoms with Gasteiger partial charge in [-0.15, -0.1) is 0 Å². The number of hydrogen-bond acceptors (Lipinski definition) is 4. The van der Waals surface area contributed by atoms with Gasteiger partial charge < -0.3 is 9.80 Å². The maximum Gasteiger partial charge on any atom is 0.243 e. The first-order chi connectivity index (χ1) is 12.2.